The number of carbonyl (C=O) groups is 2. The van der Waals surface area contributed by atoms with Crippen molar-refractivity contribution in [1.29, 1.82) is 5.26 Å². The van der Waals surface area contributed by atoms with Crippen molar-refractivity contribution in [2.75, 3.05) is 31.3 Å². The summed E-state index contributed by atoms with van der Waals surface area (Å²) in [5.41, 5.74) is 6.15. The molecule has 12 nitrogen and oxygen atoms in total. The minimum absolute atomic E-state index is 0.0106. The fraction of sp³-hybridized carbons (Fsp3) is 0.421. The molecule has 3 N–H and O–H groups in total. The minimum atomic E-state index is -4.62. The van der Waals surface area contributed by atoms with E-state index in [0.717, 1.165) is 0 Å². The van der Waals surface area contributed by atoms with Crippen molar-refractivity contribution in [3.8, 4) is 12.3 Å². The number of piperidine rings is 1. The third kappa shape index (κ3) is 6.64. The molecule has 0 atom stereocenters. The highest BCUT2D eigenvalue weighted by atomic mass is 19.4. The van der Waals surface area contributed by atoms with Crippen LogP contribution in [0.1, 0.15) is 45.6 Å². The summed E-state index contributed by atoms with van der Waals surface area (Å²) in [6.45, 7) is -1.30. The second-order valence-electron chi connectivity index (χ2n) is 7.11. The van der Waals surface area contributed by atoms with Gasteiger partial charge in [-0.2, -0.15) is 33.4 Å². The lowest BCUT2D eigenvalue weighted by Crippen LogP contribution is -2.37. The van der Waals surface area contributed by atoms with Gasteiger partial charge in [-0.15, -0.1) is 0 Å². The van der Waals surface area contributed by atoms with Crippen LogP contribution in [-0.2, 0) is 4.74 Å². The number of ether oxygens (including phenoxy) is 2. The van der Waals surface area contributed by atoms with Gasteiger partial charge < -0.3 is 25.4 Å². The smallest absolute Gasteiger partial charge is 0.405 e. The van der Waals surface area contributed by atoms with Crippen molar-refractivity contribution in [2.45, 2.75) is 24.9 Å². The highest BCUT2D eigenvalue weighted by molar-refractivity contribution is 5.91. The number of amides is 2. The van der Waals surface area contributed by atoms with Gasteiger partial charge in [-0.3, -0.25) is 9.59 Å². The minimum Gasteiger partial charge on any atom is -0.425 e. The van der Waals surface area contributed by atoms with Crippen LogP contribution >= 0.6 is 0 Å². The molecule has 1 aliphatic rings. The van der Waals surface area contributed by atoms with Gasteiger partial charge in [0.2, 0.25) is 18.6 Å². The lowest BCUT2D eigenvalue weighted by molar-refractivity contribution is -0.123. The SMILES string of the molecule is N#COCOc1nc(C(=O)NCC(F)(F)F)nc(N2CCC(c3cccc(C(N)=O)n3)CC2)n1. The topological polar surface area (TPSA) is 169 Å². The predicted octanol–water partition coefficient (Wildman–Crippen LogP) is 0.876. The zero-order chi connectivity index (χ0) is 24.7. The molecule has 180 valence electrons. The lowest BCUT2D eigenvalue weighted by atomic mass is 9.93. The van der Waals surface area contributed by atoms with E-state index in [2.05, 4.69) is 24.7 Å². The van der Waals surface area contributed by atoms with E-state index < -0.39 is 43.2 Å². The number of hydrogen-bond acceptors (Lipinski definition) is 10. The van der Waals surface area contributed by atoms with Crippen LogP contribution in [0, 0.1) is 11.5 Å². The Balaban J connectivity index is 1.75. The number of rotatable bonds is 8. The van der Waals surface area contributed by atoms with E-state index in [1.54, 1.807) is 22.3 Å². The summed E-state index contributed by atoms with van der Waals surface area (Å²) < 4.78 is 46.8. The molecule has 1 saturated heterocycles. The van der Waals surface area contributed by atoms with Crippen molar-refractivity contribution >= 4 is 17.8 Å². The summed E-state index contributed by atoms with van der Waals surface area (Å²) in [4.78, 5) is 41.3. The molecule has 0 bridgehead atoms. The Labute approximate surface area is 190 Å². The summed E-state index contributed by atoms with van der Waals surface area (Å²) in [6, 6.07) is 4.61. The van der Waals surface area contributed by atoms with Gasteiger partial charge in [0.05, 0.1) is 0 Å². The van der Waals surface area contributed by atoms with Crippen LogP contribution < -0.4 is 20.7 Å². The molecule has 0 aliphatic carbocycles. The van der Waals surface area contributed by atoms with E-state index in [0.29, 0.717) is 31.6 Å². The molecular formula is C19H19F3N8O4. The van der Waals surface area contributed by atoms with Crippen LogP contribution in [-0.4, -0.2) is 64.4 Å². The molecule has 0 aromatic carbocycles. The van der Waals surface area contributed by atoms with Crippen LogP contribution in [0.2, 0.25) is 0 Å². The number of pyridine rings is 1. The van der Waals surface area contributed by atoms with Crippen LogP contribution in [0.4, 0.5) is 19.1 Å². The summed E-state index contributed by atoms with van der Waals surface area (Å²) >= 11 is 0. The highest BCUT2D eigenvalue weighted by Crippen LogP contribution is 2.29. The Hall–Kier alpha value is -4.22. The molecule has 2 aromatic heterocycles. The standard InChI is InChI=1S/C19H19F3N8O4/c20-19(21,22)8-25-16(32)15-27-17(29-18(28-15)34-10-33-9-23)30-6-4-11(5-7-30)12-2-1-3-13(26-12)14(24)31/h1-3,11H,4-8,10H2,(H2,24,31)(H,25,32). The Morgan fingerprint density at radius 1 is 1.21 bits per heavy atom. The van der Waals surface area contributed by atoms with E-state index in [4.69, 9.17) is 15.7 Å². The fourth-order valence-electron chi connectivity index (χ4n) is 3.21. The molecule has 0 saturated carbocycles. The second-order valence-corrected chi connectivity index (χ2v) is 7.11. The molecule has 3 heterocycles. The third-order valence-electron chi connectivity index (χ3n) is 4.79. The largest absolute Gasteiger partial charge is 0.425 e. The second kappa shape index (κ2) is 10.6. The molecule has 2 amide bonds. The molecule has 34 heavy (non-hydrogen) atoms. The summed E-state index contributed by atoms with van der Waals surface area (Å²) in [5, 5.41) is 10.1. The molecule has 0 radical (unpaired) electrons. The number of nitriles is 1. The predicted molar refractivity (Wildman–Crippen MR) is 107 cm³/mol. The highest BCUT2D eigenvalue weighted by Gasteiger charge is 2.30. The molecule has 2 aromatic rings. The van der Waals surface area contributed by atoms with Gasteiger partial charge >= 0.3 is 12.2 Å². The number of nitrogens with zero attached hydrogens (tertiary/aromatic N) is 6. The first kappa shape index (κ1) is 24.4. The third-order valence-corrected chi connectivity index (χ3v) is 4.79. The maximum Gasteiger partial charge on any atom is 0.405 e. The van der Waals surface area contributed by atoms with Gasteiger partial charge in [0, 0.05) is 24.7 Å². The average Bonchev–Trinajstić information content (AvgIpc) is 2.82. The van der Waals surface area contributed by atoms with Crippen molar-refractivity contribution in [1.82, 2.24) is 25.3 Å². The van der Waals surface area contributed by atoms with Gasteiger partial charge in [0.25, 0.3) is 18.1 Å². The van der Waals surface area contributed by atoms with Crippen LogP contribution in [0.25, 0.3) is 0 Å². The van der Waals surface area contributed by atoms with Gasteiger partial charge in [-0.05, 0) is 25.0 Å². The Morgan fingerprint density at radius 2 is 1.94 bits per heavy atom. The zero-order valence-corrected chi connectivity index (χ0v) is 17.6. The number of halogens is 3. The first-order chi connectivity index (χ1) is 16.2. The first-order valence-corrected chi connectivity index (χ1v) is 9.92. The number of carbonyl (C=O) groups excluding carboxylic acids is 2. The van der Waals surface area contributed by atoms with E-state index in [-0.39, 0.29) is 17.6 Å². The number of nitrogens with two attached hydrogens (primary N) is 1. The molecule has 0 spiro atoms. The lowest BCUT2D eigenvalue weighted by Gasteiger charge is -2.31. The van der Waals surface area contributed by atoms with Gasteiger partial charge in [0.1, 0.15) is 12.2 Å². The van der Waals surface area contributed by atoms with Gasteiger partial charge in [-0.1, -0.05) is 6.07 Å². The maximum absolute atomic E-state index is 12.5. The van der Waals surface area contributed by atoms with Crippen LogP contribution in [0.15, 0.2) is 18.2 Å². The number of nitrogens with one attached hydrogen (secondary N) is 1. The monoisotopic (exact) mass is 480 g/mol. The number of hydrogen-bond donors (Lipinski definition) is 2. The quantitative estimate of drug-likeness (QED) is 0.314. The Morgan fingerprint density at radius 3 is 2.59 bits per heavy atom. The maximum atomic E-state index is 12.5. The molecule has 1 aliphatic heterocycles. The van der Waals surface area contributed by atoms with E-state index in [9.17, 15) is 22.8 Å². The van der Waals surface area contributed by atoms with Crippen molar-refractivity contribution in [3.63, 3.8) is 0 Å². The van der Waals surface area contributed by atoms with Crippen LogP contribution in [0.5, 0.6) is 6.01 Å². The molecule has 1 fully saturated rings. The van der Waals surface area contributed by atoms with Crippen LogP contribution in [0.3, 0.4) is 0 Å². The summed E-state index contributed by atoms with van der Waals surface area (Å²) in [6.07, 6.45) is -2.07. The normalized spacial score (nSPS) is 14.2. The molecule has 0 unspecified atom stereocenters. The molecular weight excluding hydrogens is 461 g/mol. The number of primary amides is 1. The van der Waals surface area contributed by atoms with Crippen molar-refractivity contribution in [2.24, 2.45) is 5.73 Å². The fourth-order valence-corrected chi connectivity index (χ4v) is 3.21. The van der Waals surface area contributed by atoms with E-state index in [1.165, 1.54) is 12.3 Å². The molecule has 3 rings (SSSR count). The number of alkyl halides is 3. The Kier molecular flexibility index (Phi) is 7.61. The van der Waals surface area contributed by atoms with Gasteiger partial charge in [-0.25, -0.2) is 4.98 Å². The molecule has 15 heteroatoms. The van der Waals surface area contributed by atoms with E-state index >= 15 is 0 Å². The number of aromatic nitrogens is 4. The van der Waals surface area contributed by atoms with Crippen molar-refractivity contribution in [3.05, 3.63) is 35.4 Å². The zero-order valence-electron chi connectivity index (χ0n) is 17.6. The summed E-state index contributed by atoms with van der Waals surface area (Å²) in [5.74, 6) is -2.36. The summed E-state index contributed by atoms with van der Waals surface area (Å²) in [7, 11) is 0. The number of anilines is 1. The average molecular weight is 480 g/mol. The van der Waals surface area contributed by atoms with Crippen molar-refractivity contribution < 1.29 is 32.2 Å². The van der Waals surface area contributed by atoms with Gasteiger partial charge in [0.15, 0.2) is 0 Å². The van der Waals surface area contributed by atoms with E-state index in [1.807, 2.05) is 0 Å². The Bertz CT molecular complexity index is 1080. The first-order valence-electron chi connectivity index (χ1n) is 9.92.